The van der Waals surface area contributed by atoms with E-state index in [0.717, 1.165) is 26.2 Å². The van der Waals surface area contributed by atoms with Crippen LogP contribution >= 0.6 is 0 Å². The molecule has 2 aromatic rings. The molecule has 126 valence electrons. The number of ether oxygens (including phenoxy) is 1. The van der Waals surface area contributed by atoms with Crippen molar-refractivity contribution in [2.75, 3.05) is 39.8 Å². The van der Waals surface area contributed by atoms with Gasteiger partial charge in [0.2, 0.25) is 5.89 Å². The molecule has 7 nitrogen and oxygen atoms in total. The van der Waals surface area contributed by atoms with Crippen molar-refractivity contribution in [3.05, 3.63) is 41.5 Å². The highest BCUT2D eigenvalue weighted by Gasteiger charge is 2.29. The summed E-state index contributed by atoms with van der Waals surface area (Å²) in [5, 5.41) is 13.0. The van der Waals surface area contributed by atoms with Crippen LogP contribution in [0.15, 0.2) is 28.8 Å². The molecular weight excluding hydrogens is 306 g/mol. The third-order valence-electron chi connectivity index (χ3n) is 4.23. The molecule has 1 aromatic carbocycles. The van der Waals surface area contributed by atoms with E-state index in [1.807, 2.05) is 25.1 Å². The number of hydrogen-bond donors (Lipinski definition) is 0. The lowest BCUT2D eigenvalue weighted by atomic mass is 10.2. The Balaban J connectivity index is 1.55. The highest BCUT2D eigenvalue weighted by atomic mass is 16.5. The minimum Gasteiger partial charge on any atom is -0.491 e. The first-order chi connectivity index (χ1) is 11.7. The Morgan fingerprint density at radius 1 is 1.38 bits per heavy atom. The lowest BCUT2D eigenvalue weighted by Gasteiger charge is -2.37. The zero-order valence-electron chi connectivity index (χ0n) is 14.0. The van der Waals surface area contributed by atoms with Crippen LogP contribution in [-0.2, 0) is 0 Å². The Kier molecular flexibility index (Phi) is 5.08. The van der Waals surface area contributed by atoms with Crippen LogP contribution < -0.4 is 4.74 Å². The van der Waals surface area contributed by atoms with Gasteiger partial charge in [0.15, 0.2) is 5.82 Å². The number of nitriles is 1. The fraction of sp³-hybridized carbons (Fsp3) is 0.471. The smallest absolute Gasteiger partial charge is 0.245 e. The first-order valence-electron chi connectivity index (χ1n) is 8.02. The maximum absolute atomic E-state index is 9.09. The molecule has 1 aromatic heterocycles. The molecule has 0 amide bonds. The summed E-state index contributed by atoms with van der Waals surface area (Å²) in [6, 6.07) is 9.55. The van der Waals surface area contributed by atoms with E-state index in [4.69, 9.17) is 14.5 Å². The minimum atomic E-state index is 0.103. The predicted octanol–water partition coefficient (Wildman–Crippen LogP) is 1.62. The quantitative estimate of drug-likeness (QED) is 0.825. The highest BCUT2D eigenvalue weighted by molar-refractivity contribution is 5.42. The largest absolute Gasteiger partial charge is 0.491 e. The van der Waals surface area contributed by atoms with Crippen LogP contribution in [0.5, 0.6) is 5.75 Å². The van der Waals surface area contributed by atoms with E-state index < -0.39 is 0 Å². The summed E-state index contributed by atoms with van der Waals surface area (Å²) < 4.78 is 11.1. The van der Waals surface area contributed by atoms with E-state index in [9.17, 15) is 0 Å². The van der Waals surface area contributed by atoms with Gasteiger partial charge >= 0.3 is 0 Å². The zero-order valence-corrected chi connectivity index (χ0v) is 14.0. The number of likely N-dealkylation sites (N-methyl/N-ethyl adjacent to an activating group) is 1. The van der Waals surface area contributed by atoms with Crippen molar-refractivity contribution in [3.8, 4) is 11.8 Å². The number of aromatic nitrogens is 2. The molecule has 7 heteroatoms. The second kappa shape index (κ2) is 7.43. The fourth-order valence-corrected chi connectivity index (χ4v) is 2.82. The molecule has 1 aliphatic rings. The third-order valence-corrected chi connectivity index (χ3v) is 4.23. The minimum absolute atomic E-state index is 0.103. The fourth-order valence-electron chi connectivity index (χ4n) is 2.82. The first kappa shape index (κ1) is 16.4. The summed E-state index contributed by atoms with van der Waals surface area (Å²) in [4.78, 5) is 8.91. The van der Waals surface area contributed by atoms with Gasteiger partial charge in [0, 0.05) is 26.2 Å². The molecule has 0 unspecified atom stereocenters. The van der Waals surface area contributed by atoms with E-state index in [2.05, 4.69) is 33.1 Å². The lowest BCUT2D eigenvalue weighted by molar-refractivity contribution is 0.0671. The van der Waals surface area contributed by atoms with Gasteiger partial charge in [0.25, 0.3) is 0 Å². The van der Waals surface area contributed by atoms with Crippen molar-refractivity contribution >= 4 is 0 Å². The number of rotatable bonds is 5. The lowest BCUT2D eigenvalue weighted by Crippen LogP contribution is -2.47. The van der Waals surface area contributed by atoms with E-state index >= 15 is 0 Å². The van der Waals surface area contributed by atoms with Crippen molar-refractivity contribution in [2.24, 2.45) is 0 Å². The molecule has 2 heterocycles. The molecule has 24 heavy (non-hydrogen) atoms. The molecule has 3 rings (SSSR count). The zero-order chi connectivity index (χ0) is 16.9. The van der Waals surface area contributed by atoms with Crippen molar-refractivity contribution in [1.29, 1.82) is 5.26 Å². The van der Waals surface area contributed by atoms with Crippen molar-refractivity contribution in [2.45, 2.75) is 13.0 Å². The summed E-state index contributed by atoms with van der Waals surface area (Å²) in [6.45, 7) is 5.87. The van der Waals surface area contributed by atoms with Crippen LogP contribution in [0.25, 0.3) is 0 Å². The van der Waals surface area contributed by atoms with Gasteiger partial charge < -0.3 is 9.26 Å². The molecule has 0 bridgehead atoms. The van der Waals surface area contributed by atoms with Crippen LogP contribution in [0, 0.1) is 18.3 Å². The standard InChI is InChI=1S/C17H21N5O2/c1-13-19-17(24-20-13)15-12-22(8-7-21(15)2)9-10-23-16-6-4-3-5-14(16)11-18/h3-6,15H,7-10,12H2,1-2H3/t15-/m1/s1. The SMILES string of the molecule is Cc1noc([C@H]2CN(CCOc3ccccc3C#N)CCN2C)n1. The molecule has 1 fully saturated rings. The summed E-state index contributed by atoms with van der Waals surface area (Å²) >= 11 is 0. The van der Waals surface area contributed by atoms with Gasteiger partial charge in [-0.15, -0.1) is 0 Å². The summed E-state index contributed by atoms with van der Waals surface area (Å²) in [7, 11) is 2.07. The third kappa shape index (κ3) is 3.72. The Morgan fingerprint density at radius 3 is 2.96 bits per heavy atom. The van der Waals surface area contributed by atoms with Crippen LogP contribution in [0.4, 0.5) is 0 Å². The summed E-state index contributed by atoms with van der Waals surface area (Å²) in [5.74, 6) is 1.96. The number of hydrogen-bond acceptors (Lipinski definition) is 7. The number of para-hydroxylation sites is 1. The maximum atomic E-state index is 9.09. The Labute approximate surface area is 141 Å². The summed E-state index contributed by atoms with van der Waals surface area (Å²) in [5.41, 5.74) is 0.565. The molecule has 1 aliphatic heterocycles. The first-order valence-corrected chi connectivity index (χ1v) is 8.02. The number of nitrogens with zero attached hydrogens (tertiary/aromatic N) is 5. The van der Waals surface area contributed by atoms with Gasteiger partial charge in [0.1, 0.15) is 24.5 Å². The number of piperazine rings is 1. The van der Waals surface area contributed by atoms with Crippen LogP contribution in [0.2, 0.25) is 0 Å². The van der Waals surface area contributed by atoms with Gasteiger partial charge in [-0.1, -0.05) is 17.3 Å². The molecule has 1 atom stereocenters. The normalized spacial score (nSPS) is 19.1. The van der Waals surface area contributed by atoms with Crippen molar-refractivity contribution in [1.82, 2.24) is 19.9 Å². The number of benzene rings is 1. The van der Waals surface area contributed by atoms with E-state index in [1.165, 1.54) is 0 Å². The second-order valence-corrected chi connectivity index (χ2v) is 5.93. The van der Waals surface area contributed by atoms with Crippen LogP contribution in [0.3, 0.4) is 0 Å². The van der Waals surface area contributed by atoms with Crippen LogP contribution in [0.1, 0.15) is 23.3 Å². The van der Waals surface area contributed by atoms with Gasteiger partial charge in [-0.05, 0) is 26.1 Å². The average molecular weight is 327 g/mol. The molecule has 0 saturated carbocycles. The topological polar surface area (TPSA) is 78.4 Å². The van der Waals surface area contributed by atoms with Gasteiger partial charge in [0.05, 0.1) is 5.56 Å². The molecule has 0 spiro atoms. The monoisotopic (exact) mass is 327 g/mol. The van der Waals surface area contributed by atoms with Gasteiger partial charge in [-0.25, -0.2) is 0 Å². The van der Waals surface area contributed by atoms with E-state index in [-0.39, 0.29) is 6.04 Å². The van der Waals surface area contributed by atoms with Crippen molar-refractivity contribution < 1.29 is 9.26 Å². The Hall–Kier alpha value is -2.43. The Bertz CT molecular complexity index is 724. The number of aryl methyl sites for hydroxylation is 1. The molecule has 0 aliphatic carbocycles. The molecular formula is C17H21N5O2. The second-order valence-electron chi connectivity index (χ2n) is 5.93. The van der Waals surface area contributed by atoms with Crippen LogP contribution in [-0.4, -0.2) is 59.8 Å². The maximum Gasteiger partial charge on any atom is 0.245 e. The van der Waals surface area contributed by atoms with Gasteiger partial charge in [-0.2, -0.15) is 10.2 Å². The molecule has 1 saturated heterocycles. The van der Waals surface area contributed by atoms with E-state index in [1.54, 1.807) is 6.07 Å². The highest BCUT2D eigenvalue weighted by Crippen LogP contribution is 2.22. The molecule has 0 N–H and O–H groups in total. The summed E-state index contributed by atoms with van der Waals surface area (Å²) in [6.07, 6.45) is 0. The predicted molar refractivity (Wildman–Crippen MR) is 87.5 cm³/mol. The molecule has 0 radical (unpaired) electrons. The van der Waals surface area contributed by atoms with Gasteiger partial charge in [-0.3, -0.25) is 9.80 Å². The van der Waals surface area contributed by atoms with Crippen molar-refractivity contribution in [3.63, 3.8) is 0 Å². The average Bonchev–Trinajstić information content (AvgIpc) is 3.03. The van der Waals surface area contributed by atoms with E-state index in [0.29, 0.717) is 29.6 Å². The Morgan fingerprint density at radius 2 is 2.21 bits per heavy atom.